The molecule has 0 radical (unpaired) electrons. The second-order valence-electron chi connectivity index (χ2n) is 3.86. The van der Waals surface area contributed by atoms with Crippen LogP contribution in [0.1, 0.15) is 43.9 Å². The first-order chi connectivity index (χ1) is 6.77. The zero-order valence-electron chi connectivity index (χ0n) is 9.51. The number of benzene rings is 1. The minimum atomic E-state index is 0.454. The van der Waals surface area contributed by atoms with Gasteiger partial charge in [-0.1, -0.05) is 37.6 Å². The summed E-state index contributed by atoms with van der Waals surface area (Å²) in [5.41, 5.74) is 2.83. The van der Waals surface area contributed by atoms with E-state index in [0.29, 0.717) is 6.04 Å². The molecule has 0 aromatic heterocycles. The molecule has 0 amide bonds. The average molecular weight is 191 g/mol. The third-order valence-electron chi connectivity index (χ3n) is 2.73. The highest BCUT2D eigenvalue weighted by Crippen LogP contribution is 2.13. The predicted octanol–water partition coefficient (Wildman–Crippen LogP) is 3.31. The van der Waals surface area contributed by atoms with Crippen LogP contribution >= 0.6 is 0 Å². The van der Waals surface area contributed by atoms with Crippen molar-refractivity contribution in [2.75, 3.05) is 7.05 Å². The molecule has 0 heterocycles. The van der Waals surface area contributed by atoms with Gasteiger partial charge < -0.3 is 5.32 Å². The molecule has 1 N–H and O–H groups in total. The van der Waals surface area contributed by atoms with Crippen molar-refractivity contribution in [3.8, 4) is 0 Å². The van der Waals surface area contributed by atoms with E-state index >= 15 is 0 Å². The molecule has 78 valence electrons. The van der Waals surface area contributed by atoms with Gasteiger partial charge in [-0.05, 0) is 37.9 Å². The Bertz CT molecular complexity index is 250. The molecule has 0 aliphatic rings. The van der Waals surface area contributed by atoms with Crippen molar-refractivity contribution in [1.29, 1.82) is 0 Å². The van der Waals surface area contributed by atoms with Crippen LogP contribution in [-0.2, 0) is 6.42 Å². The first-order valence-electron chi connectivity index (χ1n) is 5.54. The van der Waals surface area contributed by atoms with Crippen LogP contribution < -0.4 is 5.32 Å². The van der Waals surface area contributed by atoms with Gasteiger partial charge in [0.15, 0.2) is 0 Å². The minimum absolute atomic E-state index is 0.454. The monoisotopic (exact) mass is 191 g/mol. The van der Waals surface area contributed by atoms with Gasteiger partial charge in [-0.25, -0.2) is 0 Å². The van der Waals surface area contributed by atoms with Crippen molar-refractivity contribution >= 4 is 0 Å². The van der Waals surface area contributed by atoms with Crippen LogP contribution in [0.5, 0.6) is 0 Å². The van der Waals surface area contributed by atoms with Crippen LogP contribution in [0.3, 0.4) is 0 Å². The Kier molecular flexibility index (Phi) is 4.68. The van der Waals surface area contributed by atoms with Crippen molar-refractivity contribution in [1.82, 2.24) is 5.32 Å². The fourth-order valence-corrected chi connectivity index (χ4v) is 1.52. The molecule has 0 bridgehead atoms. The van der Waals surface area contributed by atoms with Gasteiger partial charge in [-0.15, -0.1) is 0 Å². The molecule has 1 heteroatoms. The average Bonchev–Trinajstić information content (AvgIpc) is 2.26. The second kappa shape index (κ2) is 5.82. The lowest BCUT2D eigenvalue weighted by Crippen LogP contribution is -2.11. The van der Waals surface area contributed by atoms with E-state index in [-0.39, 0.29) is 0 Å². The van der Waals surface area contributed by atoms with Crippen molar-refractivity contribution < 1.29 is 0 Å². The number of aryl methyl sites for hydroxylation is 1. The molecule has 0 saturated carbocycles. The molecular formula is C13H21N. The Morgan fingerprint density at radius 1 is 1.21 bits per heavy atom. The van der Waals surface area contributed by atoms with Crippen LogP contribution in [0.15, 0.2) is 24.3 Å². The summed E-state index contributed by atoms with van der Waals surface area (Å²) in [6, 6.07) is 9.41. The largest absolute Gasteiger partial charge is 0.313 e. The summed E-state index contributed by atoms with van der Waals surface area (Å²) in [6.45, 7) is 4.42. The van der Waals surface area contributed by atoms with Gasteiger partial charge in [-0.2, -0.15) is 0 Å². The van der Waals surface area contributed by atoms with E-state index in [4.69, 9.17) is 0 Å². The summed E-state index contributed by atoms with van der Waals surface area (Å²) in [5, 5.41) is 3.24. The van der Waals surface area contributed by atoms with Crippen molar-refractivity contribution in [3.05, 3.63) is 35.4 Å². The summed E-state index contributed by atoms with van der Waals surface area (Å²) in [7, 11) is 2.00. The van der Waals surface area contributed by atoms with Gasteiger partial charge in [0.25, 0.3) is 0 Å². The van der Waals surface area contributed by atoms with Crippen molar-refractivity contribution in [2.45, 2.75) is 39.2 Å². The summed E-state index contributed by atoms with van der Waals surface area (Å²) in [4.78, 5) is 0. The Morgan fingerprint density at radius 2 is 1.86 bits per heavy atom. The fraction of sp³-hybridized carbons (Fsp3) is 0.538. The maximum absolute atomic E-state index is 3.24. The van der Waals surface area contributed by atoms with Crippen LogP contribution in [0, 0.1) is 0 Å². The van der Waals surface area contributed by atoms with Crippen molar-refractivity contribution in [2.24, 2.45) is 0 Å². The molecule has 1 nitrogen and oxygen atoms in total. The standard InChI is InChI=1S/C13H21N/c1-4-5-6-12-7-9-13(10-8-12)11(2)14-3/h7-11,14H,4-6H2,1-3H3/t11-/m0/s1. The third kappa shape index (κ3) is 3.15. The fourth-order valence-electron chi connectivity index (χ4n) is 1.52. The molecule has 14 heavy (non-hydrogen) atoms. The SMILES string of the molecule is CCCCc1ccc([C@H](C)NC)cc1. The summed E-state index contributed by atoms with van der Waals surface area (Å²) >= 11 is 0. The highest BCUT2D eigenvalue weighted by molar-refractivity contribution is 5.24. The van der Waals surface area contributed by atoms with Gasteiger partial charge in [0.2, 0.25) is 0 Å². The molecular weight excluding hydrogens is 170 g/mol. The molecule has 1 atom stereocenters. The van der Waals surface area contributed by atoms with E-state index in [9.17, 15) is 0 Å². The number of hydrogen-bond acceptors (Lipinski definition) is 1. The van der Waals surface area contributed by atoms with Gasteiger partial charge >= 0.3 is 0 Å². The zero-order valence-corrected chi connectivity index (χ0v) is 9.51. The molecule has 1 aromatic carbocycles. The minimum Gasteiger partial charge on any atom is -0.313 e. The lowest BCUT2D eigenvalue weighted by atomic mass is 10.0. The van der Waals surface area contributed by atoms with Crippen LogP contribution in [-0.4, -0.2) is 7.05 Å². The van der Waals surface area contributed by atoms with Gasteiger partial charge in [0, 0.05) is 6.04 Å². The van der Waals surface area contributed by atoms with Crippen molar-refractivity contribution in [3.63, 3.8) is 0 Å². The number of hydrogen-bond donors (Lipinski definition) is 1. The third-order valence-corrected chi connectivity index (χ3v) is 2.73. The molecule has 1 aromatic rings. The van der Waals surface area contributed by atoms with Crippen LogP contribution in [0.4, 0.5) is 0 Å². The summed E-state index contributed by atoms with van der Waals surface area (Å²) in [5.74, 6) is 0. The zero-order chi connectivity index (χ0) is 10.4. The predicted molar refractivity (Wildman–Crippen MR) is 62.5 cm³/mol. The number of unbranched alkanes of at least 4 members (excludes halogenated alkanes) is 1. The van der Waals surface area contributed by atoms with Gasteiger partial charge in [0.1, 0.15) is 0 Å². The van der Waals surface area contributed by atoms with E-state index < -0.39 is 0 Å². The smallest absolute Gasteiger partial charge is 0.0289 e. The number of rotatable bonds is 5. The quantitative estimate of drug-likeness (QED) is 0.753. The van der Waals surface area contributed by atoms with Gasteiger partial charge in [-0.3, -0.25) is 0 Å². The Labute approximate surface area is 87.5 Å². The lowest BCUT2D eigenvalue weighted by Gasteiger charge is -2.10. The Hall–Kier alpha value is -0.820. The molecule has 0 fully saturated rings. The molecule has 0 aliphatic carbocycles. The second-order valence-corrected chi connectivity index (χ2v) is 3.86. The molecule has 1 rings (SSSR count). The van der Waals surface area contributed by atoms with Gasteiger partial charge in [0.05, 0.1) is 0 Å². The Morgan fingerprint density at radius 3 is 2.36 bits per heavy atom. The molecule has 0 spiro atoms. The molecule has 0 saturated heterocycles. The van der Waals surface area contributed by atoms with Crippen LogP contribution in [0.2, 0.25) is 0 Å². The van der Waals surface area contributed by atoms with E-state index in [1.54, 1.807) is 0 Å². The summed E-state index contributed by atoms with van der Waals surface area (Å²) < 4.78 is 0. The molecule has 0 unspecified atom stereocenters. The van der Waals surface area contributed by atoms with Crippen LogP contribution in [0.25, 0.3) is 0 Å². The summed E-state index contributed by atoms with van der Waals surface area (Å²) in [6.07, 6.45) is 3.78. The highest BCUT2D eigenvalue weighted by Gasteiger charge is 2.01. The van der Waals surface area contributed by atoms with E-state index in [1.807, 2.05) is 7.05 Å². The maximum Gasteiger partial charge on any atom is 0.0289 e. The first kappa shape index (κ1) is 11.3. The van der Waals surface area contributed by atoms with E-state index in [1.165, 1.54) is 30.4 Å². The first-order valence-corrected chi connectivity index (χ1v) is 5.54. The maximum atomic E-state index is 3.24. The normalized spacial score (nSPS) is 12.8. The van der Waals surface area contributed by atoms with E-state index in [2.05, 4.69) is 43.4 Å². The lowest BCUT2D eigenvalue weighted by molar-refractivity contribution is 0.652. The Balaban J connectivity index is 2.59. The topological polar surface area (TPSA) is 12.0 Å². The molecule has 0 aliphatic heterocycles. The number of nitrogens with one attached hydrogen (secondary N) is 1. The highest BCUT2D eigenvalue weighted by atomic mass is 14.8. The van der Waals surface area contributed by atoms with E-state index in [0.717, 1.165) is 0 Å².